The smallest absolute Gasteiger partial charge is 0.447 e. The van der Waals surface area contributed by atoms with E-state index in [0.717, 1.165) is 12.8 Å². The number of unbranched alkanes of at least 4 members (excludes halogenated alkanes) is 1. The molecule has 1 amide bonds. The Morgan fingerprint density at radius 3 is 2.89 bits per heavy atom. The summed E-state index contributed by atoms with van der Waals surface area (Å²) in [7, 11) is 0. The number of carbonyl (C=O) groups is 1. The molecule has 0 atom stereocenters. The predicted octanol–water partition coefficient (Wildman–Crippen LogP) is 1.95. The molecular formula is C5H10N2O2. The van der Waals surface area contributed by atoms with Gasteiger partial charge in [-0.25, -0.2) is 4.79 Å². The van der Waals surface area contributed by atoms with E-state index in [-0.39, 0.29) is 0 Å². The van der Waals surface area contributed by atoms with E-state index in [9.17, 15) is 4.79 Å². The summed E-state index contributed by atoms with van der Waals surface area (Å²) >= 11 is 0. The summed E-state index contributed by atoms with van der Waals surface area (Å²) in [4.78, 5) is 10.1. The minimum atomic E-state index is -0.802. The first-order valence-corrected chi connectivity index (χ1v) is 2.85. The Bertz CT molecular complexity index is 103. The van der Waals surface area contributed by atoms with Gasteiger partial charge >= 0.3 is 6.09 Å². The second kappa shape index (κ2) is 5.21. The average molecular weight is 130 g/mol. The van der Waals surface area contributed by atoms with E-state index in [1.54, 1.807) is 0 Å². The maximum Gasteiger partial charge on any atom is 0.451 e. The van der Waals surface area contributed by atoms with Gasteiger partial charge in [-0.1, -0.05) is 18.5 Å². The monoisotopic (exact) mass is 130 g/mol. The van der Waals surface area contributed by atoms with Crippen LogP contribution in [0.25, 0.3) is 0 Å². The van der Waals surface area contributed by atoms with Crippen LogP contribution in [0.5, 0.6) is 0 Å². The highest BCUT2D eigenvalue weighted by Gasteiger charge is 1.94. The van der Waals surface area contributed by atoms with Crippen LogP contribution in [0.1, 0.15) is 19.8 Å². The lowest BCUT2D eigenvalue weighted by molar-refractivity contribution is 0.153. The van der Waals surface area contributed by atoms with E-state index in [0.29, 0.717) is 6.61 Å². The van der Waals surface area contributed by atoms with Crippen molar-refractivity contribution >= 4 is 6.09 Å². The lowest BCUT2D eigenvalue weighted by atomic mass is 10.4. The molecule has 0 saturated heterocycles. The topological polar surface area (TPSA) is 62.5 Å². The number of carbonyl (C=O) groups excluding carboxylic acids is 1. The van der Waals surface area contributed by atoms with Crippen LogP contribution in [0.4, 0.5) is 4.79 Å². The molecule has 0 saturated carbocycles. The highest BCUT2D eigenvalue weighted by molar-refractivity contribution is 5.66. The Morgan fingerprint density at radius 1 is 1.78 bits per heavy atom. The third-order valence-corrected chi connectivity index (χ3v) is 0.815. The summed E-state index contributed by atoms with van der Waals surface area (Å²) in [6.45, 7) is 2.36. The van der Waals surface area contributed by atoms with Gasteiger partial charge < -0.3 is 4.74 Å². The number of amides is 1. The van der Waals surface area contributed by atoms with Crippen molar-refractivity contribution in [2.45, 2.75) is 19.8 Å². The fourth-order valence-corrected chi connectivity index (χ4v) is 0.336. The maximum atomic E-state index is 10.1. The molecule has 4 heteroatoms. The molecule has 0 aliphatic heterocycles. The zero-order chi connectivity index (χ0) is 7.11. The van der Waals surface area contributed by atoms with Gasteiger partial charge in [0.05, 0.1) is 6.61 Å². The first-order chi connectivity index (χ1) is 4.31. The fourth-order valence-electron chi connectivity index (χ4n) is 0.336. The van der Waals surface area contributed by atoms with Gasteiger partial charge in [0.25, 0.3) is 0 Å². The van der Waals surface area contributed by atoms with E-state index >= 15 is 0 Å². The first-order valence-electron chi connectivity index (χ1n) is 2.85. The van der Waals surface area contributed by atoms with Gasteiger partial charge in [0.1, 0.15) is 0 Å². The zero-order valence-electron chi connectivity index (χ0n) is 5.39. The van der Waals surface area contributed by atoms with Crippen LogP contribution >= 0.6 is 0 Å². The number of nitrogens with zero attached hydrogens (tertiary/aromatic N) is 1. The minimum Gasteiger partial charge on any atom is -0.447 e. The van der Waals surface area contributed by atoms with Crippen molar-refractivity contribution in [2.24, 2.45) is 5.11 Å². The molecule has 52 valence electrons. The molecule has 0 unspecified atom stereocenters. The van der Waals surface area contributed by atoms with Gasteiger partial charge in [-0.15, -0.1) is 0 Å². The quantitative estimate of drug-likeness (QED) is 0.468. The number of rotatable bonds is 3. The van der Waals surface area contributed by atoms with E-state index in [1.165, 1.54) is 0 Å². The van der Waals surface area contributed by atoms with Crippen LogP contribution in [0.15, 0.2) is 5.11 Å². The Morgan fingerprint density at radius 2 is 2.44 bits per heavy atom. The predicted molar refractivity (Wildman–Crippen MR) is 31.4 cm³/mol. The highest BCUT2D eigenvalue weighted by atomic mass is 16.5. The molecule has 4 nitrogen and oxygen atoms in total. The molecule has 0 aliphatic carbocycles. The molecule has 0 radical (unpaired) electrons. The summed E-state index contributed by atoms with van der Waals surface area (Å²) in [5.74, 6) is 0. The van der Waals surface area contributed by atoms with Crippen LogP contribution in [-0.2, 0) is 4.74 Å². The van der Waals surface area contributed by atoms with Crippen LogP contribution in [-0.4, -0.2) is 12.7 Å². The van der Waals surface area contributed by atoms with E-state index in [4.69, 9.17) is 5.53 Å². The zero-order valence-corrected chi connectivity index (χ0v) is 5.39. The molecule has 0 fully saturated rings. The Kier molecular flexibility index (Phi) is 4.67. The van der Waals surface area contributed by atoms with Crippen molar-refractivity contribution in [3.8, 4) is 0 Å². The number of ether oxygens (including phenoxy) is 1. The number of nitrogens with one attached hydrogen (secondary N) is 1. The SMILES string of the molecule is CCCCOC(=O)N=N. The van der Waals surface area contributed by atoms with Crippen molar-refractivity contribution < 1.29 is 9.53 Å². The number of hydrogen-bond acceptors (Lipinski definition) is 3. The lowest BCUT2D eigenvalue weighted by Gasteiger charge is -1.95. The van der Waals surface area contributed by atoms with Crippen LogP contribution < -0.4 is 0 Å². The normalized spacial score (nSPS) is 8.56. The average Bonchev–Trinajstić information content (AvgIpc) is 1.89. The largest absolute Gasteiger partial charge is 0.451 e. The van der Waals surface area contributed by atoms with Gasteiger partial charge in [-0.3, -0.25) is 0 Å². The van der Waals surface area contributed by atoms with Crippen molar-refractivity contribution in [3.63, 3.8) is 0 Å². The van der Waals surface area contributed by atoms with Gasteiger partial charge in [-0.05, 0) is 6.42 Å². The van der Waals surface area contributed by atoms with E-state index in [1.807, 2.05) is 6.92 Å². The highest BCUT2D eigenvalue weighted by Crippen LogP contribution is 1.89. The molecule has 0 rings (SSSR count). The second-order valence-corrected chi connectivity index (χ2v) is 1.58. The Labute approximate surface area is 53.7 Å². The minimum absolute atomic E-state index is 0.373. The second-order valence-electron chi connectivity index (χ2n) is 1.58. The Balaban J connectivity index is 3.07. The third kappa shape index (κ3) is 4.93. The summed E-state index contributed by atoms with van der Waals surface area (Å²) in [5.41, 5.74) is 6.19. The molecule has 1 N–H and O–H groups in total. The van der Waals surface area contributed by atoms with Crippen molar-refractivity contribution in [1.29, 1.82) is 5.53 Å². The van der Waals surface area contributed by atoms with Crippen molar-refractivity contribution in [3.05, 3.63) is 0 Å². The molecular weight excluding hydrogens is 120 g/mol. The standard InChI is InChI=1S/C5H10N2O2/c1-2-3-4-9-5(8)7-6/h6H,2-4H2,1H3. The lowest BCUT2D eigenvalue weighted by Crippen LogP contribution is -1.98. The van der Waals surface area contributed by atoms with Gasteiger partial charge in [0, 0.05) is 0 Å². The van der Waals surface area contributed by atoms with Crippen molar-refractivity contribution in [2.75, 3.05) is 6.61 Å². The summed E-state index contributed by atoms with van der Waals surface area (Å²) in [6.07, 6.45) is 1.01. The molecule has 0 aliphatic rings. The van der Waals surface area contributed by atoms with E-state index < -0.39 is 6.09 Å². The molecule has 9 heavy (non-hydrogen) atoms. The van der Waals surface area contributed by atoms with Gasteiger partial charge in [-0.2, -0.15) is 5.53 Å². The summed E-state index contributed by atoms with van der Waals surface area (Å²) in [5, 5.41) is 2.55. The number of hydrogen-bond donors (Lipinski definition) is 1. The van der Waals surface area contributed by atoms with Gasteiger partial charge in [0.2, 0.25) is 0 Å². The molecule has 0 bridgehead atoms. The molecule has 0 aromatic carbocycles. The molecule has 0 aromatic rings. The molecule has 0 heterocycles. The van der Waals surface area contributed by atoms with Crippen LogP contribution in [0.2, 0.25) is 0 Å². The van der Waals surface area contributed by atoms with Crippen molar-refractivity contribution in [1.82, 2.24) is 0 Å². The van der Waals surface area contributed by atoms with Crippen LogP contribution in [0, 0.1) is 5.53 Å². The fraction of sp³-hybridized carbons (Fsp3) is 0.800. The summed E-state index contributed by atoms with van der Waals surface area (Å²) in [6, 6.07) is 0. The van der Waals surface area contributed by atoms with Gasteiger partial charge in [0.15, 0.2) is 0 Å². The molecule has 0 aromatic heterocycles. The maximum absolute atomic E-state index is 10.1. The van der Waals surface area contributed by atoms with Crippen LogP contribution in [0.3, 0.4) is 0 Å². The van der Waals surface area contributed by atoms with E-state index in [2.05, 4.69) is 9.85 Å². The Hall–Kier alpha value is -0.930. The summed E-state index contributed by atoms with van der Waals surface area (Å²) < 4.78 is 4.44. The first kappa shape index (κ1) is 8.07. The molecule has 0 spiro atoms. The third-order valence-electron chi connectivity index (χ3n) is 0.815.